The Morgan fingerprint density at radius 3 is 2.81 bits per heavy atom. The van der Waals surface area contributed by atoms with Gasteiger partial charge in [0, 0.05) is 17.5 Å². The van der Waals surface area contributed by atoms with Crippen molar-refractivity contribution in [1.29, 1.82) is 0 Å². The Morgan fingerprint density at radius 1 is 1.31 bits per heavy atom. The van der Waals surface area contributed by atoms with Crippen molar-refractivity contribution in [3.05, 3.63) is 58.1 Å². The van der Waals surface area contributed by atoms with Gasteiger partial charge in [0.05, 0.1) is 10.4 Å². The SMILES string of the molecule is Cc1ccccc1OCC(=O)N=Nc1c(O)[nH]c2cc([N+](=O)[O-])ccc12. The van der Waals surface area contributed by atoms with E-state index in [1.54, 1.807) is 12.1 Å². The predicted octanol–water partition coefficient (Wildman–Crippen LogP) is 3.78. The fourth-order valence-corrected chi connectivity index (χ4v) is 2.36. The highest BCUT2D eigenvalue weighted by molar-refractivity contribution is 5.95. The van der Waals surface area contributed by atoms with Crippen LogP contribution < -0.4 is 4.74 Å². The van der Waals surface area contributed by atoms with Crippen LogP contribution in [0.2, 0.25) is 0 Å². The third kappa shape index (κ3) is 3.51. The largest absolute Gasteiger partial charge is 0.493 e. The van der Waals surface area contributed by atoms with Crippen LogP contribution in [0.3, 0.4) is 0 Å². The molecule has 3 aromatic rings. The van der Waals surface area contributed by atoms with Crippen LogP contribution in [-0.2, 0) is 4.79 Å². The molecule has 1 amide bonds. The van der Waals surface area contributed by atoms with Gasteiger partial charge in [0.2, 0.25) is 5.88 Å². The maximum atomic E-state index is 11.8. The zero-order valence-electron chi connectivity index (χ0n) is 13.7. The van der Waals surface area contributed by atoms with Gasteiger partial charge >= 0.3 is 5.91 Å². The second-order valence-corrected chi connectivity index (χ2v) is 5.46. The Labute approximate surface area is 147 Å². The van der Waals surface area contributed by atoms with Gasteiger partial charge in [0.25, 0.3) is 5.69 Å². The van der Waals surface area contributed by atoms with Gasteiger partial charge in [0.15, 0.2) is 12.3 Å². The summed E-state index contributed by atoms with van der Waals surface area (Å²) >= 11 is 0. The summed E-state index contributed by atoms with van der Waals surface area (Å²) in [7, 11) is 0. The Balaban J connectivity index is 1.75. The molecule has 0 spiro atoms. The van der Waals surface area contributed by atoms with Crippen molar-refractivity contribution < 1.29 is 19.6 Å². The number of para-hydroxylation sites is 1. The van der Waals surface area contributed by atoms with Crippen LogP contribution in [0, 0.1) is 17.0 Å². The number of carbonyl (C=O) groups excluding carboxylic acids is 1. The lowest BCUT2D eigenvalue weighted by Gasteiger charge is -2.05. The van der Waals surface area contributed by atoms with Crippen LogP contribution in [-0.4, -0.2) is 27.5 Å². The van der Waals surface area contributed by atoms with Gasteiger partial charge in [-0.05, 0) is 24.6 Å². The number of azo groups is 1. The molecule has 0 aliphatic heterocycles. The van der Waals surface area contributed by atoms with E-state index in [-0.39, 0.29) is 23.9 Å². The number of H-pyrrole nitrogens is 1. The summed E-state index contributed by atoms with van der Waals surface area (Å²) in [5.74, 6) is -0.404. The van der Waals surface area contributed by atoms with E-state index in [2.05, 4.69) is 15.2 Å². The van der Waals surface area contributed by atoms with Crippen molar-refractivity contribution in [2.45, 2.75) is 6.92 Å². The van der Waals surface area contributed by atoms with Gasteiger partial charge in [0.1, 0.15) is 5.75 Å². The second-order valence-electron chi connectivity index (χ2n) is 5.46. The second kappa shape index (κ2) is 7.01. The minimum atomic E-state index is -0.635. The number of aromatic amines is 1. The van der Waals surface area contributed by atoms with E-state index >= 15 is 0 Å². The molecule has 1 aromatic heterocycles. The molecule has 2 aromatic carbocycles. The lowest BCUT2D eigenvalue weighted by molar-refractivity contribution is -0.384. The number of aromatic hydroxyl groups is 1. The zero-order chi connectivity index (χ0) is 18.7. The molecule has 132 valence electrons. The maximum absolute atomic E-state index is 11.8. The van der Waals surface area contributed by atoms with E-state index in [0.29, 0.717) is 16.7 Å². The number of non-ortho nitro benzene ring substituents is 1. The number of aryl methyl sites for hydroxylation is 1. The van der Waals surface area contributed by atoms with Gasteiger partial charge in [-0.3, -0.25) is 14.9 Å². The monoisotopic (exact) mass is 354 g/mol. The summed E-state index contributed by atoms with van der Waals surface area (Å²) in [6.07, 6.45) is 0. The number of hydrogen-bond acceptors (Lipinski definition) is 6. The molecule has 2 N–H and O–H groups in total. The number of rotatable bonds is 5. The van der Waals surface area contributed by atoms with Crippen LogP contribution >= 0.6 is 0 Å². The number of benzene rings is 2. The summed E-state index contributed by atoms with van der Waals surface area (Å²) in [5, 5.41) is 28.4. The van der Waals surface area contributed by atoms with Crippen LogP contribution in [0.15, 0.2) is 52.7 Å². The van der Waals surface area contributed by atoms with E-state index in [0.717, 1.165) is 5.56 Å². The van der Waals surface area contributed by atoms with Gasteiger partial charge in [-0.1, -0.05) is 18.2 Å². The predicted molar refractivity (Wildman–Crippen MR) is 92.8 cm³/mol. The fourth-order valence-electron chi connectivity index (χ4n) is 2.36. The maximum Gasteiger partial charge on any atom is 0.302 e. The molecule has 0 saturated carbocycles. The molecule has 0 saturated heterocycles. The molecule has 3 rings (SSSR count). The molecule has 0 atom stereocenters. The summed E-state index contributed by atoms with van der Waals surface area (Å²) in [4.78, 5) is 24.7. The first kappa shape index (κ1) is 17.1. The first-order valence-electron chi connectivity index (χ1n) is 7.58. The Hall–Kier alpha value is -3.75. The lowest BCUT2D eigenvalue weighted by atomic mass is 10.2. The van der Waals surface area contributed by atoms with Crippen molar-refractivity contribution in [2.75, 3.05) is 6.61 Å². The number of hydrogen-bond donors (Lipinski definition) is 2. The molecule has 0 aliphatic rings. The van der Waals surface area contributed by atoms with Crippen molar-refractivity contribution in [3.63, 3.8) is 0 Å². The number of carbonyl (C=O) groups is 1. The van der Waals surface area contributed by atoms with Crippen molar-refractivity contribution >= 4 is 28.2 Å². The van der Waals surface area contributed by atoms with Gasteiger partial charge in [-0.15, -0.1) is 10.2 Å². The van der Waals surface area contributed by atoms with E-state index in [4.69, 9.17) is 4.74 Å². The third-order valence-corrected chi connectivity index (χ3v) is 3.65. The van der Waals surface area contributed by atoms with Gasteiger partial charge < -0.3 is 14.8 Å². The minimum absolute atomic E-state index is 0.0270. The number of nitro benzene ring substituents is 1. The standard InChI is InChI=1S/C17H14N4O5/c1-10-4-2-3-5-14(10)26-9-15(22)19-20-16-12-7-6-11(21(24)25)8-13(12)18-17(16)23/h2-8,18,23H,9H2,1H3. The normalized spacial score (nSPS) is 11.1. The Morgan fingerprint density at radius 2 is 2.08 bits per heavy atom. The third-order valence-electron chi connectivity index (χ3n) is 3.65. The molecule has 9 heteroatoms. The first-order chi connectivity index (χ1) is 12.5. The summed E-state index contributed by atoms with van der Waals surface area (Å²) < 4.78 is 5.38. The molecule has 0 unspecified atom stereocenters. The molecular formula is C17H14N4O5. The number of nitrogens with one attached hydrogen (secondary N) is 1. The first-order valence-corrected chi connectivity index (χ1v) is 7.58. The summed E-state index contributed by atoms with van der Waals surface area (Å²) in [6, 6.07) is 11.2. The minimum Gasteiger partial charge on any atom is -0.493 e. The van der Waals surface area contributed by atoms with Crippen LogP contribution in [0.5, 0.6) is 11.6 Å². The quantitative estimate of drug-likeness (QED) is 0.409. The van der Waals surface area contributed by atoms with Crippen molar-refractivity contribution in [2.24, 2.45) is 10.2 Å². The highest BCUT2D eigenvalue weighted by Gasteiger charge is 2.15. The summed E-state index contributed by atoms with van der Waals surface area (Å²) in [6.45, 7) is 1.55. The molecular weight excluding hydrogens is 340 g/mol. The van der Waals surface area contributed by atoms with Crippen LogP contribution in [0.4, 0.5) is 11.4 Å². The van der Waals surface area contributed by atoms with Gasteiger partial charge in [-0.2, -0.15) is 0 Å². The highest BCUT2D eigenvalue weighted by Crippen LogP contribution is 2.36. The van der Waals surface area contributed by atoms with E-state index in [1.165, 1.54) is 18.2 Å². The number of ether oxygens (including phenoxy) is 1. The van der Waals surface area contributed by atoms with Crippen molar-refractivity contribution in [3.8, 4) is 11.6 Å². The summed E-state index contributed by atoms with van der Waals surface area (Å²) in [5.41, 5.74) is 1.09. The average molecular weight is 354 g/mol. The van der Waals surface area contributed by atoms with Gasteiger partial charge in [-0.25, -0.2) is 0 Å². The lowest BCUT2D eigenvalue weighted by Crippen LogP contribution is -2.08. The van der Waals surface area contributed by atoms with Crippen LogP contribution in [0.25, 0.3) is 10.9 Å². The van der Waals surface area contributed by atoms with E-state index < -0.39 is 10.8 Å². The number of amides is 1. The molecule has 0 bridgehead atoms. The Bertz CT molecular complexity index is 1030. The molecule has 1 heterocycles. The van der Waals surface area contributed by atoms with Crippen LogP contribution in [0.1, 0.15) is 5.56 Å². The average Bonchev–Trinajstić information content (AvgIpc) is 2.93. The highest BCUT2D eigenvalue weighted by atomic mass is 16.6. The number of nitro groups is 1. The number of nitrogens with zero attached hydrogens (tertiary/aromatic N) is 3. The topological polar surface area (TPSA) is 130 Å². The smallest absolute Gasteiger partial charge is 0.302 e. The Kier molecular flexibility index (Phi) is 4.61. The molecule has 0 aliphatic carbocycles. The fraction of sp³-hybridized carbons (Fsp3) is 0.118. The molecule has 0 fully saturated rings. The zero-order valence-corrected chi connectivity index (χ0v) is 13.7. The van der Waals surface area contributed by atoms with Crippen molar-refractivity contribution in [1.82, 2.24) is 4.98 Å². The molecule has 26 heavy (non-hydrogen) atoms. The molecule has 0 radical (unpaired) electrons. The molecule has 9 nitrogen and oxygen atoms in total. The van der Waals surface area contributed by atoms with E-state index in [1.807, 2.05) is 19.1 Å². The number of fused-ring (bicyclic) bond motifs is 1. The van der Waals surface area contributed by atoms with E-state index in [9.17, 15) is 20.0 Å². The number of aromatic nitrogens is 1.